The molecule has 1 aromatic heterocycles. The Kier molecular flexibility index (Phi) is 4.33. The molecule has 2 heterocycles. The quantitative estimate of drug-likeness (QED) is 0.734. The van der Waals surface area contributed by atoms with E-state index >= 15 is 0 Å². The van der Waals surface area contributed by atoms with Crippen LogP contribution in [0.15, 0.2) is 48.5 Å². The number of nitrogens with one attached hydrogen (secondary N) is 2. The number of aromatic nitrogens is 2. The largest absolute Gasteiger partial charge is 0.454 e. The van der Waals surface area contributed by atoms with Crippen LogP contribution in [0.2, 0.25) is 0 Å². The van der Waals surface area contributed by atoms with Crippen molar-refractivity contribution in [3.63, 3.8) is 0 Å². The standard InChI is InChI=1S/C20H18N4O3/c1-12-3-4-14(9-13(12)2)22-20(25)16-6-8-19(24-23-16)21-15-5-7-17-18(10-15)27-11-26-17/h3-10H,11H2,1-2H3,(H,21,24)(H,22,25). The maximum Gasteiger partial charge on any atom is 0.276 e. The van der Waals surface area contributed by atoms with Crippen LogP contribution in [0.3, 0.4) is 0 Å². The van der Waals surface area contributed by atoms with Crippen LogP contribution in [-0.2, 0) is 0 Å². The monoisotopic (exact) mass is 362 g/mol. The zero-order chi connectivity index (χ0) is 18.8. The Bertz CT molecular complexity index is 1000. The highest BCUT2D eigenvalue weighted by Crippen LogP contribution is 2.34. The smallest absolute Gasteiger partial charge is 0.276 e. The summed E-state index contributed by atoms with van der Waals surface area (Å²) in [4.78, 5) is 12.3. The molecule has 0 unspecified atom stereocenters. The summed E-state index contributed by atoms with van der Waals surface area (Å²) in [5.74, 6) is 1.61. The van der Waals surface area contributed by atoms with Crippen molar-refractivity contribution in [3.05, 3.63) is 65.4 Å². The van der Waals surface area contributed by atoms with Gasteiger partial charge >= 0.3 is 0 Å². The van der Waals surface area contributed by atoms with E-state index in [1.54, 1.807) is 12.1 Å². The van der Waals surface area contributed by atoms with Gasteiger partial charge in [0, 0.05) is 17.4 Å². The summed E-state index contributed by atoms with van der Waals surface area (Å²) < 4.78 is 10.6. The number of nitrogens with zero attached hydrogens (tertiary/aromatic N) is 2. The minimum absolute atomic E-state index is 0.225. The summed E-state index contributed by atoms with van der Waals surface area (Å²) in [6, 6.07) is 14.6. The van der Waals surface area contributed by atoms with Crippen molar-refractivity contribution in [2.75, 3.05) is 17.4 Å². The lowest BCUT2D eigenvalue weighted by Crippen LogP contribution is -2.14. The van der Waals surface area contributed by atoms with Gasteiger partial charge < -0.3 is 20.1 Å². The third kappa shape index (κ3) is 3.67. The summed E-state index contributed by atoms with van der Waals surface area (Å²) in [6.45, 7) is 4.25. The topological polar surface area (TPSA) is 85.4 Å². The first-order valence-electron chi connectivity index (χ1n) is 8.47. The number of carbonyl (C=O) groups is 1. The fourth-order valence-electron chi connectivity index (χ4n) is 2.66. The van der Waals surface area contributed by atoms with Gasteiger partial charge in [-0.05, 0) is 61.4 Å². The van der Waals surface area contributed by atoms with Gasteiger partial charge in [0.15, 0.2) is 23.0 Å². The van der Waals surface area contributed by atoms with E-state index in [0.29, 0.717) is 17.3 Å². The molecule has 2 N–H and O–H groups in total. The molecule has 0 atom stereocenters. The molecule has 0 fully saturated rings. The maximum atomic E-state index is 12.3. The van der Waals surface area contributed by atoms with Crippen molar-refractivity contribution < 1.29 is 14.3 Å². The Morgan fingerprint density at radius 3 is 2.48 bits per heavy atom. The third-order valence-electron chi connectivity index (χ3n) is 4.31. The van der Waals surface area contributed by atoms with Gasteiger partial charge in [0.2, 0.25) is 6.79 Å². The van der Waals surface area contributed by atoms with Crippen molar-refractivity contribution in [3.8, 4) is 11.5 Å². The van der Waals surface area contributed by atoms with E-state index in [1.165, 1.54) is 5.56 Å². The summed E-state index contributed by atoms with van der Waals surface area (Å²) in [7, 11) is 0. The Hall–Kier alpha value is -3.61. The number of ether oxygens (including phenoxy) is 2. The number of hydrogen-bond donors (Lipinski definition) is 2. The molecule has 136 valence electrons. The summed E-state index contributed by atoms with van der Waals surface area (Å²) >= 11 is 0. The van der Waals surface area contributed by atoms with E-state index in [9.17, 15) is 4.79 Å². The fourth-order valence-corrected chi connectivity index (χ4v) is 2.66. The van der Waals surface area contributed by atoms with Crippen LogP contribution in [-0.4, -0.2) is 22.9 Å². The van der Waals surface area contributed by atoms with Gasteiger partial charge in [0.1, 0.15) is 0 Å². The number of anilines is 3. The molecule has 1 aliphatic heterocycles. The molecule has 27 heavy (non-hydrogen) atoms. The molecule has 4 rings (SSSR count). The average molecular weight is 362 g/mol. The van der Waals surface area contributed by atoms with Gasteiger partial charge in [-0.2, -0.15) is 0 Å². The van der Waals surface area contributed by atoms with E-state index in [4.69, 9.17) is 9.47 Å². The second-order valence-electron chi connectivity index (χ2n) is 6.25. The average Bonchev–Trinajstić information content (AvgIpc) is 3.13. The van der Waals surface area contributed by atoms with Crippen LogP contribution in [0.25, 0.3) is 0 Å². The van der Waals surface area contributed by atoms with Crippen LogP contribution in [0.4, 0.5) is 17.2 Å². The molecular formula is C20H18N4O3. The molecule has 0 saturated heterocycles. The number of fused-ring (bicyclic) bond motifs is 1. The number of carbonyl (C=O) groups excluding carboxylic acids is 1. The van der Waals surface area contributed by atoms with Crippen molar-refractivity contribution >= 4 is 23.1 Å². The molecule has 0 radical (unpaired) electrons. The van der Waals surface area contributed by atoms with E-state index in [-0.39, 0.29) is 18.4 Å². The van der Waals surface area contributed by atoms with Crippen LogP contribution in [0.1, 0.15) is 21.6 Å². The predicted molar refractivity (Wildman–Crippen MR) is 102 cm³/mol. The first kappa shape index (κ1) is 16.8. The lowest BCUT2D eigenvalue weighted by atomic mass is 10.1. The van der Waals surface area contributed by atoms with E-state index in [0.717, 1.165) is 16.9 Å². The predicted octanol–water partition coefficient (Wildman–Crippen LogP) is 3.82. The van der Waals surface area contributed by atoms with E-state index in [1.807, 2.05) is 50.2 Å². The summed E-state index contributed by atoms with van der Waals surface area (Å²) in [6.07, 6.45) is 0. The van der Waals surface area contributed by atoms with Crippen LogP contribution < -0.4 is 20.1 Å². The molecule has 0 bridgehead atoms. The first-order chi connectivity index (χ1) is 13.1. The second kappa shape index (κ2) is 6.95. The van der Waals surface area contributed by atoms with Crippen molar-refractivity contribution in [2.24, 2.45) is 0 Å². The highest BCUT2D eigenvalue weighted by molar-refractivity contribution is 6.02. The number of amides is 1. The van der Waals surface area contributed by atoms with E-state index < -0.39 is 0 Å². The lowest BCUT2D eigenvalue weighted by Gasteiger charge is -2.08. The molecule has 7 nitrogen and oxygen atoms in total. The minimum atomic E-state index is -0.305. The van der Waals surface area contributed by atoms with Crippen molar-refractivity contribution in [1.82, 2.24) is 10.2 Å². The minimum Gasteiger partial charge on any atom is -0.454 e. The van der Waals surface area contributed by atoms with Crippen LogP contribution in [0.5, 0.6) is 11.5 Å². The third-order valence-corrected chi connectivity index (χ3v) is 4.31. The second-order valence-corrected chi connectivity index (χ2v) is 6.25. The van der Waals surface area contributed by atoms with Gasteiger partial charge in [-0.15, -0.1) is 10.2 Å². The first-order valence-corrected chi connectivity index (χ1v) is 8.47. The number of rotatable bonds is 4. The van der Waals surface area contributed by atoms with Gasteiger partial charge in [0.25, 0.3) is 5.91 Å². The molecule has 1 amide bonds. The van der Waals surface area contributed by atoms with E-state index in [2.05, 4.69) is 20.8 Å². The van der Waals surface area contributed by atoms with Crippen LogP contribution in [0, 0.1) is 13.8 Å². The Morgan fingerprint density at radius 2 is 1.70 bits per heavy atom. The molecule has 0 saturated carbocycles. The highest BCUT2D eigenvalue weighted by atomic mass is 16.7. The molecule has 0 spiro atoms. The van der Waals surface area contributed by atoms with Gasteiger partial charge in [-0.3, -0.25) is 4.79 Å². The lowest BCUT2D eigenvalue weighted by molar-refractivity contribution is 0.102. The van der Waals surface area contributed by atoms with Gasteiger partial charge in [-0.1, -0.05) is 6.07 Å². The molecule has 0 aliphatic carbocycles. The highest BCUT2D eigenvalue weighted by Gasteiger charge is 2.14. The SMILES string of the molecule is Cc1ccc(NC(=O)c2ccc(Nc3ccc4c(c3)OCO4)nn2)cc1C. The zero-order valence-corrected chi connectivity index (χ0v) is 14.9. The summed E-state index contributed by atoms with van der Waals surface area (Å²) in [5.41, 5.74) is 4.05. The molecule has 7 heteroatoms. The van der Waals surface area contributed by atoms with Gasteiger partial charge in [0.05, 0.1) is 0 Å². The Morgan fingerprint density at radius 1 is 0.889 bits per heavy atom. The number of benzene rings is 2. The molecule has 3 aromatic rings. The molecule has 1 aliphatic rings. The van der Waals surface area contributed by atoms with Gasteiger partial charge in [-0.25, -0.2) is 0 Å². The summed E-state index contributed by atoms with van der Waals surface area (Å²) in [5, 5.41) is 14.0. The zero-order valence-electron chi connectivity index (χ0n) is 14.9. The molecular weight excluding hydrogens is 344 g/mol. The normalized spacial score (nSPS) is 11.9. The Labute approximate surface area is 156 Å². The maximum absolute atomic E-state index is 12.3. The van der Waals surface area contributed by atoms with Crippen molar-refractivity contribution in [2.45, 2.75) is 13.8 Å². The molecule has 2 aromatic carbocycles. The Balaban J connectivity index is 1.43. The van der Waals surface area contributed by atoms with Crippen LogP contribution >= 0.6 is 0 Å². The number of hydrogen-bond acceptors (Lipinski definition) is 6. The van der Waals surface area contributed by atoms with Crippen molar-refractivity contribution in [1.29, 1.82) is 0 Å². The fraction of sp³-hybridized carbons (Fsp3) is 0.150. The number of aryl methyl sites for hydroxylation is 2.